The third kappa shape index (κ3) is 6.86. The number of carbonyl (C=O) groups is 1. The van der Waals surface area contributed by atoms with Gasteiger partial charge in [-0.2, -0.15) is 0 Å². The average molecular weight is 445 g/mol. The van der Waals surface area contributed by atoms with Crippen molar-refractivity contribution in [1.82, 2.24) is 19.8 Å². The van der Waals surface area contributed by atoms with Crippen LogP contribution >= 0.6 is 0 Å². The number of hydrogen-bond donors (Lipinski definition) is 0. The van der Waals surface area contributed by atoms with Gasteiger partial charge in [-0.3, -0.25) is 14.9 Å². The second-order valence-electron chi connectivity index (χ2n) is 8.72. The fourth-order valence-corrected chi connectivity index (χ4v) is 4.03. The van der Waals surface area contributed by atoms with Crippen LogP contribution in [0.25, 0.3) is 0 Å². The molecule has 1 aliphatic heterocycles. The summed E-state index contributed by atoms with van der Waals surface area (Å²) < 4.78 is 5.60. The molecule has 0 bridgehead atoms. The van der Waals surface area contributed by atoms with Crippen molar-refractivity contribution in [3.05, 3.63) is 89.0 Å². The molecule has 4 rings (SSSR count). The maximum atomic E-state index is 12.6. The van der Waals surface area contributed by atoms with Crippen LogP contribution in [0.4, 0.5) is 4.79 Å². The van der Waals surface area contributed by atoms with Crippen molar-refractivity contribution in [3.63, 3.8) is 0 Å². The van der Waals surface area contributed by atoms with Crippen LogP contribution in [0.1, 0.15) is 34.6 Å². The van der Waals surface area contributed by atoms with Crippen LogP contribution in [-0.2, 0) is 12.8 Å². The molecule has 172 valence electrons. The lowest BCUT2D eigenvalue weighted by atomic mass is 10.1. The molecule has 0 radical (unpaired) electrons. The molecule has 0 N–H and O–H groups in total. The molecule has 1 amide bonds. The molecule has 1 fully saturated rings. The van der Waals surface area contributed by atoms with Gasteiger partial charge in [-0.25, -0.2) is 4.79 Å². The number of rotatable bonds is 7. The van der Waals surface area contributed by atoms with Gasteiger partial charge in [-0.15, -0.1) is 0 Å². The fourth-order valence-electron chi connectivity index (χ4n) is 4.03. The van der Waals surface area contributed by atoms with Gasteiger partial charge in [-0.05, 0) is 74.7 Å². The highest BCUT2D eigenvalue weighted by atomic mass is 16.6. The predicted molar refractivity (Wildman–Crippen MR) is 130 cm³/mol. The van der Waals surface area contributed by atoms with E-state index in [1.807, 2.05) is 56.4 Å². The summed E-state index contributed by atoms with van der Waals surface area (Å²) in [6.07, 6.45) is 4.43. The van der Waals surface area contributed by atoms with E-state index in [0.29, 0.717) is 18.8 Å². The molecule has 3 heterocycles. The quantitative estimate of drug-likeness (QED) is 0.539. The lowest BCUT2D eigenvalue weighted by Crippen LogP contribution is -2.49. The molecule has 1 aliphatic rings. The van der Waals surface area contributed by atoms with Gasteiger partial charge in [0.05, 0.1) is 0 Å². The zero-order valence-corrected chi connectivity index (χ0v) is 19.5. The van der Waals surface area contributed by atoms with E-state index in [4.69, 9.17) is 4.74 Å². The van der Waals surface area contributed by atoms with E-state index in [2.05, 4.69) is 33.1 Å². The number of ether oxygens (including phenoxy) is 1. The van der Waals surface area contributed by atoms with Gasteiger partial charge in [0, 0.05) is 55.9 Å². The highest BCUT2D eigenvalue weighted by molar-refractivity contribution is 5.70. The first kappa shape index (κ1) is 22.9. The summed E-state index contributed by atoms with van der Waals surface area (Å²) >= 11 is 0. The lowest BCUT2D eigenvalue weighted by Gasteiger charge is -2.34. The van der Waals surface area contributed by atoms with Crippen LogP contribution in [0.3, 0.4) is 0 Å². The van der Waals surface area contributed by atoms with E-state index in [9.17, 15) is 4.79 Å². The maximum absolute atomic E-state index is 12.6. The second-order valence-corrected chi connectivity index (χ2v) is 8.72. The second kappa shape index (κ2) is 11.1. The van der Waals surface area contributed by atoms with Crippen LogP contribution < -0.4 is 4.74 Å². The van der Waals surface area contributed by atoms with Gasteiger partial charge >= 0.3 is 6.09 Å². The Bertz CT molecular complexity index is 1040. The predicted octanol–water partition coefficient (Wildman–Crippen LogP) is 4.43. The smallest absolute Gasteiger partial charge is 0.410 e. The molecule has 0 aliphatic carbocycles. The standard InChI is InChI=1S/C27H32N4O2/c1-21-8-11-25(28-20-21)19-23-9-12-26(13-10-23)33-27(32)31-17-15-30(16-18-31)14-4-7-24-6-3-5-22(2)29-24/h3,5-6,8-13,20H,4,7,14-19H2,1-2H3. The van der Waals surface area contributed by atoms with E-state index >= 15 is 0 Å². The van der Waals surface area contributed by atoms with Crippen molar-refractivity contribution < 1.29 is 9.53 Å². The monoisotopic (exact) mass is 444 g/mol. The van der Waals surface area contributed by atoms with Crippen LogP contribution in [0, 0.1) is 13.8 Å². The molecular formula is C27H32N4O2. The Morgan fingerprint density at radius 2 is 1.73 bits per heavy atom. The lowest BCUT2D eigenvalue weighted by molar-refractivity contribution is 0.110. The molecule has 6 nitrogen and oxygen atoms in total. The number of pyridine rings is 2. The van der Waals surface area contributed by atoms with Crippen molar-refractivity contribution >= 4 is 6.09 Å². The highest BCUT2D eigenvalue weighted by Gasteiger charge is 2.22. The normalized spacial score (nSPS) is 14.3. The molecule has 2 aromatic heterocycles. The van der Waals surface area contributed by atoms with E-state index in [0.717, 1.165) is 67.1 Å². The summed E-state index contributed by atoms with van der Waals surface area (Å²) in [4.78, 5) is 25.8. The largest absolute Gasteiger partial charge is 0.415 e. The highest BCUT2D eigenvalue weighted by Crippen LogP contribution is 2.16. The molecule has 0 saturated carbocycles. The SMILES string of the molecule is Cc1ccc(Cc2ccc(OC(=O)N3CCN(CCCc4cccc(C)n4)CC3)cc2)nc1. The van der Waals surface area contributed by atoms with Gasteiger partial charge in [-0.1, -0.05) is 24.3 Å². The minimum Gasteiger partial charge on any atom is -0.410 e. The number of aromatic nitrogens is 2. The van der Waals surface area contributed by atoms with Gasteiger partial charge < -0.3 is 9.64 Å². The van der Waals surface area contributed by atoms with Gasteiger partial charge in [0.25, 0.3) is 0 Å². The van der Waals surface area contributed by atoms with Crippen molar-refractivity contribution in [2.75, 3.05) is 32.7 Å². The summed E-state index contributed by atoms with van der Waals surface area (Å²) in [5, 5.41) is 0. The zero-order valence-electron chi connectivity index (χ0n) is 19.5. The Morgan fingerprint density at radius 3 is 2.42 bits per heavy atom. The maximum Gasteiger partial charge on any atom is 0.415 e. The van der Waals surface area contributed by atoms with Gasteiger partial charge in [0.2, 0.25) is 0 Å². The molecule has 33 heavy (non-hydrogen) atoms. The van der Waals surface area contributed by atoms with Crippen LogP contribution in [-0.4, -0.2) is 58.6 Å². The van der Waals surface area contributed by atoms with E-state index in [1.165, 1.54) is 0 Å². The van der Waals surface area contributed by atoms with Crippen LogP contribution in [0.5, 0.6) is 5.75 Å². The van der Waals surface area contributed by atoms with E-state index < -0.39 is 0 Å². The molecule has 0 unspecified atom stereocenters. The third-order valence-corrected chi connectivity index (χ3v) is 5.97. The molecule has 3 aromatic rings. The Kier molecular flexibility index (Phi) is 7.68. The molecule has 1 aromatic carbocycles. The number of aryl methyl sites for hydroxylation is 3. The van der Waals surface area contributed by atoms with E-state index in [1.54, 1.807) is 4.90 Å². The Hall–Kier alpha value is -3.25. The fraction of sp³-hybridized carbons (Fsp3) is 0.370. The summed E-state index contributed by atoms with van der Waals surface area (Å²) in [6.45, 7) is 8.22. The van der Waals surface area contributed by atoms with Crippen LogP contribution in [0.2, 0.25) is 0 Å². The molecule has 0 spiro atoms. The average Bonchev–Trinajstić information content (AvgIpc) is 2.82. The van der Waals surface area contributed by atoms with Gasteiger partial charge in [0.1, 0.15) is 5.75 Å². The van der Waals surface area contributed by atoms with Crippen LogP contribution in [0.15, 0.2) is 60.8 Å². The number of benzene rings is 1. The zero-order chi connectivity index (χ0) is 23.0. The summed E-state index contributed by atoms with van der Waals surface area (Å²) in [5.74, 6) is 0.577. The van der Waals surface area contributed by atoms with E-state index in [-0.39, 0.29) is 6.09 Å². The number of amides is 1. The van der Waals surface area contributed by atoms with Crippen molar-refractivity contribution in [3.8, 4) is 5.75 Å². The summed E-state index contributed by atoms with van der Waals surface area (Å²) in [7, 11) is 0. The first-order valence-corrected chi connectivity index (χ1v) is 11.7. The third-order valence-electron chi connectivity index (χ3n) is 5.97. The van der Waals surface area contributed by atoms with Crippen molar-refractivity contribution in [2.24, 2.45) is 0 Å². The Balaban J connectivity index is 1.18. The topological polar surface area (TPSA) is 58.6 Å². The molecule has 6 heteroatoms. The minimum absolute atomic E-state index is 0.272. The first-order chi connectivity index (χ1) is 16.0. The number of hydrogen-bond acceptors (Lipinski definition) is 5. The minimum atomic E-state index is -0.272. The molecular weight excluding hydrogens is 412 g/mol. The number of piperazine rings is 1. The molecule has 1 saturated heterocycles. The van der Waals surface area contributed by atoms with Gasteiger partial charge in [0.15, 0.2) is 0 Å². The number of nitrogens with zero attached hydrogens (tertiary/aromatic N) is 4. The Labute approximate surface area is 196 Å². The summed E-state index contributed by atoms with van der Waals surface area (Å²) in [6, 6.07) is 18.0. The Morgan fingerprint density at radius 1 is 0.939 bits per heavy atom. The number of carbonyl (C=O) groups excluding carboxylic acids is 1. The molecule has 0 atom stereocenters. The van der Waals surface area contributed by atoms with Crippen molar-refractivity contribution in [2.45, 2.75) is 33.1 Å². The first-order valence-electron chi connectivity index (χ1n) is 11.7. The van der Waals surface area contributed by atoms with Crippen molar-refractivity contribution in [1.29, 1.82) is 0 Å². The summed E-state index contributed by atoms with van der Waals surface area (Å²) in [5.41, 5.74) is 5.54.